The third-order valence-corrected chi connectivity index (χ3v) is 6.34. The number of benzene rings is 2. The SMILES string of the molecule is C=CCOC(=O)CNC[C@H](CCCCNC(=O)OC(C)(C)C)NC(=O)OCC1c2ccccc2-c2ccccc21. The van der Waals surface area contributed by atoms with Crippen molar-refractivity contribution in [2.45, 2.75) is 57.6 Å². The van der Waals surface area contributed by atoms with Crippen LogP contribution in [0.1, 0.15) is 57.1 Å². The highest BCUT2D eigenvalue weighted by Gasteiger charge is 2.29. The Morgan fingerprint density at radius 1 is 0.950 bits per heavy atom. The average Bonchev–Trinajstić information content (AvgIpc) is 3.23. The van der Waals surface area contributed by atoms with Gasteiger partial charge < -0.3 is 30.2 Å². The number of fused-ring (bicyclic) bond motifs is 3. The van der Waals surface area contributed by atoms with Crippen LogP contribution in [0.25, 0.3) is 11.1 Å². The van der Waals surface area contributed by atoms with E-state index in [2.05, 4.69) is 46.8 Å². The van der Waals surface area contributed by atoms with Crippen molar-refractivity contribution in [3.63, 3.8) is 0 Å². The number of hydrogen-bond donors (Lipinski definition) is 3. The number of ether oxygens (including phenoxy) is 3. The lowest BCUT2D eigenvalue weighted by molar-refractivity contribution is -0.141. The molecule has 2 aromatic rings. The minimum Gasteiger partial charge on any atom is -0.461 e. The van der Waals surface area contributed by atoms with Gasteiger partial charge in [-0.2, -0.15) is 0 Å². The number of carbonyl (C=O) groups is 3. The smallest absolute Gasteiger partial charge is 0.407 e. The molecule has 0 unspecified atom stereocenters. The highest BCUT2D eigenvalue weighted by Crippen LogP contribution is 2.44. The maximum absolute atomic E-state index is 12.8. The van der Waals surface area contributed by atoms with Gasteiger partial charge in [-0.05, 0) is 62.3 Å². The summed E-state index contributed by atoms with van der Waals surface area (Å²) in [6, 6.07) is 16.1. The van der Waals surface area contributed by atoms with Crippen LogP contribution in [-0.2, 0) is 19.0 Å². The zero-order valence-electron chi connectivity index (χ0n) is 23.7. The standard InChI is InChI=1S/C31H41N3O6/c1-5-18-38-28(35)20-32-19-22(12-10-11-17-33-29(36)40-31(2,3)4)34-30(37)39-21-27-25-15-8-6-13-23(25)24-14-7-9-16-26(24)27/h5-9,13-16,22,27,32H,1,10-12,17-21H2,2-4H3,(H,33,36)(H,34,37)/t22-/m0/s1. The van der Waals surface area contributed by atoms with E-state index in [1.54, 1.807) is 0 Å². The summed E-state index contributed by atoms with van der Waals surface area (Å²) in [5.41, 5.74) is 4.06. The van der Waals surface area contributed by atoms with Crippen molar-refractivity contribution in [2.24, 2.45) is 0 Å². The van der Waals surface area contributed by atoms with Gasteiger partial charge in [0.25, 0.3) is 0 Å². The van der Waals surface area contributed by atoms with Crippen molar-refractivity contribution >= 4 is 18.2 Å². The molecule has 2 amide bonds. The Labute approximate surface area is 236 Å². The molecule has 0 radical (unpaired) electrons. The van der Waals surface area contributed by atoms with E-state index in [0.29, 0.717) is 25.9 Å². The first kappa shape index (κ1) is 30.7. The van der Waals surface area contributed by atoms with Gasteiger partial charge in [0.2, 0.25) is 0 Å². The van der Waals surface area contributed by atoms with Gasteiger partial charge in [-0.25, -0.2) is 9.59 Å². The fourth-order valence-corrected chi connectivity index (χ4v) is 4.60. The Bertz CT molecular complexity index is 1110. The fourth-order valence-electron chi connectivity index (χ4n) is 4.60. The summed E-state index contributed by atoms with van der Waals surface area (Å²) >= 11 is 0. The Morgan fingerprint density at radius 2 is 1.60 bits per heavy atom. The second kappa shape index (κ2) is 15.1. The number of amides is 2. The van der Waals surface area contributed by atoms with Crippen LogP contribution in [-0.4, -0.2) is 62.6 Å². The maximum atomic E-state index is 12.8. The third-order valence-electron chi connectivity index (χ3n) is 6.34. The Balaban J connectivity index is 1.51. The summed E-state index contributed by atoms with van der Waals surface area (Å²) in [7, 11) is 0. The molecule has 0 saturated carbocycles. The molecule has 9 nitrogen and oxygen atoms in total. The van der Waals surface area contributed by atoms with Gasteiger partial charge >= 0.3 is 18.2 Å². The molecular formula is C31H41N3O6. The highest BCUT2D eigenvalue weighted by molar-refractivity contribution is 5.79. The summed E-state index contributed by atoms with van der Waals surface area (Å²) in [4.78, 5) is 36.5. The number of unbranched alkanes of at least 4 members (excludes halogenated alkanes) is 1. The number of nitrogens with one attached hydrogen (secondary N) is 3. The molecule has 1 aliphatic carbocycles. The normalized spacial score (nSPS) is 13.0. The molecule has 1 atom stereocenters. The van der Waals surface area contributed by atoms with Gasteiger partial charge in [-0.1, -0.05) is 61.2 Å². The van der Waals surface area contributed by atoms with Crippen molar-refractivity contribution in [1.29, 1.82) is 0 Å². The van der Waals surface area contributed by atoms with Crippen molar-refractivity contribution in [1.82, 2.24) is 16.0 Å². The van der Waals surface area contributed by atoms with Gasteiger partial charge in [0.15, 0.2) is 0 Å². The zero-order valence-corrected chi connectivity index (χ0v) is 23.7. The minimum absolute atomic E-state index is 0.0108. The topological polar surface area (TPSA) is 115 Å². The summed E-state index contributed by atoms with van der Waals surface area (Å²) in [5.74, 6) is -0.436. The quantitative estimate of drug-likeness (QED) is 0.132. The molecule has 9 heteroatoms. The molecular weight excluding hydrogens is 510 g/mol. The second-order valence-electron chi connectivity index (χ2n) is 10.7. The lowest BCUT2D eigenvalue weighted by atomic mass is 9.98. The Morgan fingerprint density at radius 3 is 2.23 bits per heavy atom. The lowest BCUT2D eigenvalue weighted by Crippen LogP contribution is -2.44. The van der Waals surface area contributed by atoms with Crippen LogP contribution in [0.3, 0.4) is 0 Å². The molecule has 0 heterocycles. The van der Waals surface area contributed by atoms with E-state index in [9.17, 15) is 14.4 Å². The predicted molar refractivity (Wildman–Crippen MR) is 154 cm³/mol. The lowest BCUT2D eigenvalue weighted by Gasteiger charge is -2.21. The van der Waals surface area contributed by atoms with Gasteiger partial charge in [-0.15, -0.1) is 0 Å². The van der Waals surface area contributed by atoms with Crippen LogP contribution >= 0.6 is 0 Å². The molecule has 216 valence electrons. The molecule has 0 spiro atoms. The molecule has 0 aliphatic heterocycles. The van der Waals surface area contributed by atoms with Crippen LogP contribution in [0.5, 0.6) is 0 Å². The third kappa shape index (κ3) is 9.72. The zero-order chi connectivity index (χ0) is 29.0. The van der Waals surface area contributed by atoms with E-state index in [1.807, 2.05) is 45.0 Å². The van der Waals surface area contributed by atoms with Crippen LogP contribution in [0.4, 0.5) is 9.59 Å². The second-order valence-corrected chi connectivity index (χ2v) is 10.7. The molecule has 3 N–H and O–H groups in total. The van der Waals surface area contributed by atoms with Crippen molar-refractivity contribution in [3.8, 4) is 11.1 Å². The summed E-state index contributed by atoms with van der Waals surface area (Å²) in [6.07, 6.45) is 2.57. The van der Waals surface area contributed by atoms with E-state index in [4.69, 9.17) is 14.2 Å². The number of alkyl carbamates (subject to hydrolysis) is 2. The molecule has 0 bridgehead atoms. The number of hydrogen-bond acceptors (Lipinski definition) is 7. The van der Waals surface area contributed by atoms with Crippen LogP contribution in [0.15, 0.2) is 61.2 Å². The monoisotopic (exact) mass is 551 g/mol. The first-order chi connectivity index (χ1) is 19.2. The number of carbonyl (C=O) groups excluding carboxylic acids is 3. The van der Waals surface area contributed by atoms with Crippen LogP contribution in [0, 0.1) is 0 Å². The summed E-state index contributed by atoms with van der Waals surface area (Å²) in [5, 5.41) is 8.71. The van der Waals surface area contributed by atoms with E-state index in [0.717, 1.165) is 28.7 Å². The predicted octanol–water partition coefficient (Wildman–Crippen LogP) is 4.91. The van der Waals surface area contributed by atoms with E-state index in [-0.39, 0.29) is 31.7 Å². The molecule has 1 aliphatic rings. The van der Waals surface area contributed by atoms with Crippen LogP contribution < -0.4 is 16.0 Å². The van der Waals surface area contributed by atoms with Crippen molar-refractivity contribution in [3.05, 3.63) is 72.3 Å². The van der Waals surface area contributed by atoms with Gasteiger partial charge in [0, 0.05) is 25.0 Å². The average molecular weight is 552 g/mol. The highest BCUT2D eigenvalue weighted by atomic mass is 16.6. The number of rotatable bonds is 14. The van der Waals surface area contributed by atoms with E-state index >= 15 is 0 Å². The fraction of sp³-hybridized carbons (Fsp3) is 0.452. The van der Waals surface area contributed by atoms with Gasteiger partial charge in [-0.3, -0.25) is 4.79 Å². The summed E-state index contributed by atoms with van der Waals surface area (Å²) in [6.45, 7) is 10.1. The molecule has 0 aromatic heterocycles. The van der Waals surface area contributed by atoms with Gasteiger partial charge in [0.1, 0.15) is 18.8 Å². The largest absolute Gasteiger partial charge is 0.461 e. The Kier molecular flexibility index (Phi) is 11.6. The van der Waals surface area contributed by atoms with E-state index in [1.165, 1.54) is 6.08 Å². The first-order valence-corrected chi connectivity index (χ1v) is 13.7. The minimum atomic E-state index is -0.555. The maximum Gasteiger partial charge on any atom is 0.407 e. The molecule has 2 aromatic carbocycles. The van der Waals surface area contributed by atoms with Crippen molar-refractivity contribution in [2.75, 3.05) is 32.8 Å². The van der Waals surface area contributed by atoms with E-state index < -0.39 is 23.8 Å². The number of esters is 1. The molecule has 0 fully saturated rings. The summed E-state index contributed by atoms with van der Waals surface area (Å²) < 4.78 is 15.9. The van der Waals surface area contributed by atoms with Gasteiger partial charge in [0.05, 0.1) is 6.54 Å². The van der Waals surface area contributed by atoms with Crippen molar-refractivity contribution < 1.29 is 28.6 Å². The molecule has 3 rings (SSSR count). The van der Waals surface area contributed by atoms with Crippen LogP contribution in [0.2, 0.25) is 0 Å². The molecule has 0 saturated heterocycles. The molecule has 40 heavy (non-hydrogen) atoms. The Hall–Kier alpha value is -3.85. The first-order valence-electron chi connectivity index (χ1n) is 13.7.